The van der Waals surface area contributed by atoms with Crippen LogP contribution in [-0.2, 0) is 0 Å². The molecule has 0 saturated carbocycles. The van der Waals surface area contributed by atoms with E-state index in [0.29, 0.717) is 5.41 Å². The van der Waals surface area contributed by atoms with Crippen LogP contribution >= 0.6 is 0 Å². The molecule has 0 fully saturated rings. The first-order valence-electron chi connectivity index (χ1n) is 5.87. The molecule has 0 aliphatic carbocycles. The van der Waals surface area contributed by atoms with Gasteiger partial charge in [-0.3, -0.25) is 0 Å². The van der Waals surface area contributed by atoms with Gasteiger partial charge in [0.2, 0.25) is 0 Å². The third-order valence-electron chi connectivity index (χ3n) is 2.53. The molecule has 0 bridgehead atoms. The van der Waals surface area contributed by atoms with Crippen molar-refractivity contribution in [3.63, 3.8) is 0 Å². The predicted octanol–water partition coefficient (Wildman–Crippen LogP) is 3.52. The van der Waals surface area contributed by atoms with Crippen LogP contribution in [0.25, 0.3) is 0 Å². The molecule has 0 spiro atoms. The van der Waals surface area contributed by atoms with E-state index in [-0.39, 0.29) is 6.04 Å². The Labute approximate surface area is 98.8 Å². The number of ether oxygens (including phenoxy) is 1. The summed E-state index contributed by atoms with van der Waals surface area (Å²) in [5.74, 6) is 0.925. The van der Waals surface area contributed by atoms with Crippen LogP contribution in [0.15, 0.2) is 24.3 Å². The van der Waals surface area contributed by atoms with Gasteiger partial charge >= 0.3 is 0 Å². The van der Waals surface area contributed by atoms with Crippen LogP contribution in [0.4, 0.5) is 0 Å². The van der Waals surface area contributed by atoms with Crippen LogP contribution in [0.3, 0.4) is 0 Å². The third kappa shape index (κ3) is 4.67. The topological polar surface area (TPSA) is 35.2 Å². The fourth-order valence-electron chi connectivity index (χ4n) is 1.34. The van der Waals surface area contributed by atoms with Gasteiger partial charge < -0.3 is 10.5 Å². The van der Waals surface area contributed by atoms with E-state index in [4.69, 9.17) is 10.5 Å². The van der Waals surface area contributed by atoms with Gasteiger partial charge in [0.25, 0.3) is 0 Å². The van der Waals surface area contributed by atoms with Crippen LogP contribution in [-0.4, -0.2) is 6.61 Å². The lowest BCUT2D eigenvalue weighted by Crippen LogP contribution is -2.11. The van der Waals surface area contributed by atoms with E-state index in [1.54, 1.807) is 0 Å². The maximum atomic E-state index is 5.78. The minimum absolute atomic E-state index is 0.0867. The van der Waals surface area contributed by atoms with Crippen molar-refractivity contribution in [2.75, 3.05) is 6.61 Å². The maximum Gasteiger partial charge on any atom is 0.119 e. The Morgan fingerprint density at radius 2 is 1.75 bits per heavy atom. The standard InChI is InChI=1S/C14H23NO/c1-11(15)12-5-7-13(8-6-12)16-10-9-14(2,3)4/h5-8,11H,9-10,15H2,1-4H3. The second-order valence-corrected chi connectivity index (χ2v) is 5.52. The fourth-order valence-corrected chi connectivity index (χ4v) is 1.34. The summed E-state index contributed by atoms with van der Waals surface area (Å²) in [6.07, 6.45) is 1.06. The van der Waals surface area contributed by atoms with Gasteiger partial charge in [0.15, 0.2) is 0 Å². The molecule has 1 unspecified atom stereocenters. The first-order chi connectivity index (χ1) is 7.38. The molecule has 16 heavy (non-hydrogen) atoms. The van der Waals surface area contributed by atoms with Crippen LogP contribution < -0.4 is 10.5 Å². The normalized spacial score (nSPS) is 13.6. The molecule has 0 aliphatic heterocycles. The molecule has 0 aliphatic rings. The van der Waals surface area contributed by atoms with Gasteiger partial charge in [-0.2, -0.15) is 0 Å². The van der Waals surface area contributed by atoms with Crippen molar-refractivity contribution in [1.82, 2.24) is 0 Å². The highest BCUT2D eigenvalue weighted by molar-refractivity contribution is 5.28. The third-order valence-corrected chi connectivity index (χ3v) is 2.53. The number of rotatable bonds is 4. The van der Waals surface area contributed by atoms with Gasteiger partial charge in [-0.15, -0.1) is 0 Å². The summed E-state index contributed by atoms with van der Waals surface area (Å²) in [7, 11) is 0. The SMILES string of the molecule is CC(N)c1ccc(OCCC(C)(C)C)cc1. The Kier molecular flexibility index (Phi) is 4.36. The van der Waals surface area contributed by atoms with Gasteiger partial charge in [0.05, 0.1) is 6.61 Å². The van der Waals surface area contributed by atoms with Crippen molar-refractivity contribution in [3.8, 4) is 5.75 Å². The summed E-state index contributed by atoms with van der Waals surface area (Å²) < 4.78 is 5.68. The van der Waals surface area contributed by atoms with E-state index < -0.39 is 0 Å². The zero-order valence-electron chi connectivity index (χ0n) is 10.8. The van der Waals surface area contributed by atoms with Crippen molar-refractivity contribution in [3.05, 3.63) is 29.8 Å². The minimum Gasteiger partial charge on any atom is -0.494 e. The van der Waals surface area contributed by atoms with E-state index >= 15 is 0 Å². The minimum atomic E-state index is 0.0867. The molecule has 1 rings (SSSR count). The van der Waals surface area contributed by atoms with Crippen molar-refractivity contribution in [1.29, 1.82) is 0 Å². The highest BCUT2D eigenvalue weighted by Crippen LogP contribution is 2.20. The number of hydrogen-bond donors (Lipinski definition) is 1. The van der Waals surface area contributed by atoms with Gasteiger partial charge in [-0.25, -0.2) is 0 Å². The number of nitrogens with two attached hydrogens (primary N) is 1. The zero-order valence-corrected chi connectivity index (χ0v) is 10.8. The molecule has 1 atom stereocenters. The summed E-state index contributed by atoms with van der Waals surface area (Å²) in [6.45, 7) is 9.40. The molecular weight excluding hydrogens is 198 g/mol. The summed E-state index contributed by atoms with van der Waals surface area (Å²) >= 11 is 0. The molecule has 0 amide bonds. The van der Waals surface area contributed by atoms with Gasteiger partial charge in [-0.05, 0) is 36.5 Å². The summed E-state index contributed by atoms with van der Waals surface area (Å²) in [6, 6.07) is 8.11. The van der Waals surface area contributed by atoms with Gasteiger partial charge in [0, 0.05) is 6.04 Å². The molecule has 1 aromatic rings. The highest BCUT2D eigenvalue weighted by Gasteiger charge is 2.09. The summed E-state index contributed by atoms with van der Waals surface area (Å²) in [5.41, 5.74) is 7.25. The molecule has 2 nitrogen and oxygen atoms in total. The quantitative estimate of drug-likeness (QED) is 0.844. The molecule has 2 heteroatoms. The zero-order chi connectivity index (χ0) is 12.2. The maximum absolute atomic E-state index is 5.78. The van der Waals surface area contributed by atoms with Crippen molar-refractivity contribution in [2.24, 2.45) is 11.1 Å². The lowest BCUT2D eigenvalue weighted by atomic mass is 9.93. The molecule has 0 saturated heterocycles. The second-order valence-electron chi connectivity index (χ2n) is 5.52. The lowest BCUT2D eigenvalue weighted by molar-refractivity contribution is 0.243. The van der Waals surface area contributed by atoms with Gasteiger partial charge in [0.1, 0.15) is 5.75 Å². The van der Waals surface area contributed by atoms with E-state index in [2.05, 4.69) is 20.8 Å². The number of hydrogen-bond acceptors (Lipinski definition) is 2. The van der Waals surface area contributed by atoms with E-state index in [1.807, 2.05) is 31.2 Å². The number of benzene rings is 1. The lowest BCUT2D eigenvalue weighted by Gasteiger charge is -2.18. The molecular formula is C14H23NO. The Balaban J connectivity index is 2.44. The fraction of sp³-hybridized carbons (Fsp3) is 0.571. The Hall–Kier alpha value is -1.02. The van der Waals surface area contributed by atoms with Crippen LogP contribution in [0.2, 0.25) is 0 Å². The van der Waals surface area contributed by atoms with Gasteiger partial charge in [-0.1, -0.05) is 32.9 Å². The first-order valence-corrected chi connectivity index (χ1v) is 5.87. The monoisotopic (exact) mass is 221 g/mol. The molecule has 90 valence electrons. The largest absolute Gasteiger partial charge is 0.494 e. The average Bonchev–Trinajstić information content (AvgIpc) is 2.16. The smallest absolute Gasteiger partial charge is 0.119 e. The molecule has 1 aromatic carbocycles. The van der Waals surface area contributed by atoms with Crippen molar-refractivity contribution >= 4 is 0 Å². The van der Waals surface area contributed by atoms with E-state index in [9.17, 15) is 0 Å². The average molecular weight is 221 g/mol. The Morgan fingerprint density at radius 1 is 1.19 bits per heavy atom. The molecule has 2 N–H and O–H groups in total. The summed E-state index contributed by atoms with van der Waals surface area (Å²) in [4.78, 5) is 0. The van der Waals surface area contributed by atoms with Crippen molar-refractivity contribution < 1.29 is 4.74 Å². The second kappa shape index (κ2) is 5.35. The Bertz CT molecular complexity index is 309. The molecule has 0 radical (unpaired) electrons. The Morgan fingerprint density at radius 3 is 2.19 bits per heavy atom. The summed E-state index contributed by atoms with van der Waals surface area (Å²) in [5, 5.41) is 0. The molecule has 0 heterocycles. The van der Waals surface area contributed by atoms with Crippen LogP contribution in [0, 0.1) is 5.41 Å². The van der Waals surface area contributed by atoms with Crippen molar-refractivity contribution in [2.45, 2.75) is 40.2 Å². The van der Waals surface area contributed by atoms with Crippen LogP contribution in [0.1, 0.15) is 45.7 Å². The first kappa shape index (κ1) is 13.0. The predicted molar refractivity (Wildman–Crippen MR) is 68.6 cm³/mol. The van der Waals surface area contributed by atoms with Crippen LogP contribution in [0.5, 0.6) is 5.75 Å². The molecule has 0 aromatic heterocycles. The highest BCUT2D eigenvalue weighted by atomic mass is 16.5. The van der Waals surface area contributed by atoms with E-state index in [1.165, 1.54) is 0 Å². The van der Waals surface area contributed by atoms with E-state index in [0.717, 1.165) is 24.3 Å².